The number of nitrogens with zero attached hydrogens (tertiary/aromatic N) is 1. The minimum absolute atomic E-state index is 0.124. The number of ether oxygens (including phenoxy) is 1. The topological polar surface area (TPSA) is 46.6 Å². The fraction of sp³-hybridized carbons (Fsp3) is 0.429. The van der Waals surface area contributed by atoms with Gasteiger partial charge in [-0.2, -0.15) is 0 Å². The lowest BCUT2D eigenvalue weighted by Gasteiger charge is -2.16. The van der Waals surface area contributed by atoms with Gasteiger partial charge in [0.2, 0.25) is 5.91 Å². The van der Waals surface area contributed by atoms with Gasteiger partial charge in [-0.05, 0) is 18.1 Å². The Morgan fingerprint density at radius 2 is 2.20 bits per heavy atom. The summed E-state index contributed by atoms with van der Waals surface area (Å²) in [4.78, 5) is 24.6. The number of halogens is 2. The second-order valence-electron chi connectivity index (χ2n) is 4.75. The maximum absolute atomic E-state index is 13.5. The Hall–Kier alpha value is -1.98. The number of carbonyl (C=O) groups excluding carboxylic acids is 2. The first kappa shape index (κ1) is 14.4. The van der Waals surface area contributed by atoms with Crippen molar-refractivity contribution in [3.05, 3.63) is 35.4 Å². The minimum Gasteiger partial charge on any atom is -0.469 e. The molecule has 0 N–H and O–H groups in total. The van der Waals surface area contributed by atoms with Crippen LogP contribution in [0.1, 0.15) is 12.0 Å². The quantitative estimate of drug-likeness (QED) is 0.787. The van der Waals surface area contributed by atoms with Crippen molar-refractivity contribution in [3.63, 3.8) is 0 Å². The first-order valence-corrected chi connectivity index (χ1v) is 6.30. The molecule has 1 unspecified atom stereocenters. The summed E-state index contributed by atoms with van der Waals surface area (Å²) in [6, 6.07) is 3.36. The molecule has 6 heteroatoms. The molecule has 1 amide bonds. The maximum Gasteiger partial charge on any atom is 0.310 e. The highest BCUT2D eigenvalue weighted by atomic mass is 19.1. The van der Waals surface area contributed by atoms with E-state index in [1.165, 1.54) is 24.1 Å². The third-order valence-corrected chi connectivity index (χ3v) is 3.42. The zero-order chi connectivity index (χ0) is 14.7. The van der Waals surface area contributed by atoms with E-state index in [-0.39, 0.29) is 25.3 Å². The van der Waals surface area contributed by atoms with Crippen LogP contribution in [0.15, 0.2) is 18.2 Å². The van der Waals surface area contributed by atoms with Crippen molar-refractivity contribution in [3.8, 4) is 0 Å². The van der Waals surface area contributed by atoms with E-state index < -0.39 is 23.5 Å². The van der Waals surface area contributed by atoms with Crippen LogP contribution >= 0.6 is 0 Å². The summed E-state index contributed by atoms with van der Waals surface area (Å²) in [6.45, 7) is 0.587. The number of methoxy groups -OCH3 is 1. The molecule has 4 nitrogen and oxygen atoms in total. The van der Waals surface area contributed by atoms with Crippen molar-refractivity contribution in [2.75, 3.05) is 20.2 Å². The van der Waals surface area contributed by atoms with Crippen LogP contribution in [0.25, 0.3) is 0 Å². The van der Waals surface area contributed by atoms with Gasteiger partial charge in [0.15, 0.2) is 0 Å². The average molecular weight is 283 g/mol. The third kappa shape index (κ3) is 3.12. The Bertz CT molecular complexity index is 533. The molecule has 2 rings (SSSR count). The second kappa shape index (κ2) is 5.98. The maximum atomic E-state index is 13.5. The van der Waals surface area contributed by atoms with Crippen molar-refractivity contribution < 1.29 is 23.1 Å². The lowest BCUT2D eigenvalue weighted by Crippen LogP contribution is -2.28. The van der Waals surface area contributed by atoms with Gasteiger partial charge in [-0.15, -0.1) is 0 Å². The van der Waals surface area contributed by atoms with Crippen LogP contribution in [-0.4, -0.2) is 37.0 Å². The van der Waals surface area contributed by atoms with Gasteiger partial charge in [0, 0.05) is 25.6 Å². The molecule has 1 aromatic rings. The molecule has 0 aliphatic carbocycles. The number of carbonyl (C=O) groups is 2. The minimum atomic E-state index is -0.630. The number of amides is 1. The van der Waals surface area contributed by atoms with Crippen molar-refractivity contribution in [1.82, 2.24) is 4.90 Å². The summed E-state index contributed by atoms with van der Waals surface area (Å²) in [6.07, 6.45) is 0.407. The predicted octanol–water partition coefficient (Wildman–Crippen LogP) is 1.53. The van der Waals surface area contributed by atoms with E-state index in [1.807, 2.05) is 0 Å². The van der Waals surface area contributed by atoms with Gasteiger partial charge in [0.25, 0.3) is 0 Å². The average Bonchev–Trinajstić information content (AvgIpc) is 2.78. The largest absolute Gasteiger partial charge is 0.469 e. The molecule has 0 aromatic heterocycles. The lowest BCUT2D eigenvalue weighted by molar-refractivity contribution is -0.145. The van der Waals surface area contributed by atoms with Gasteiger partial charge < -0.3 is 9.64 Å². The third-order valence-electron chi connectivity index (χ3n) is 3.42. The van der Waals surface area contributed by atoms with Crippen molar-refractivity contribution in [2.45, 2.75) is 12.8 Å². The Kier molecular flexibility index (Phi) is 4.32. The summed E-state index contributed by atoms with van der Waals surface area (Å²) in [7, 11) is 1.28. The van der Waals surface area contributed by atoms with E-state index in [4.69, 9.17) is 0 Å². The smallest absolute Gasteiger partial charge is 0.310 e. The van der Waals surface area contributed by atoms with Gasteiger partial charge in [-0.1, -0.05) is 6.07 Å². The summed E-state index contributed by atoms with van der Waals surface area (Å²) in [5, 5.41) is 0. The molecule has 1 aromatic carbocycles. The molecule has 1 aliphatic rings. The molecule has 1 atom stereocenters. The molecule has 1 heterocycles. The Balaban J connectivity index is 1.94. The summed E-state index contributed by atoms with van der Waals surface area (Å²) < 4.78 is 30.8. The predicted molar refractivity (Wildman–Crippen MR) is 66.8 cm³/mol. The zero-order valence-electron chi connectivity index (χ0n) is 11.1. The van der Waals surface area contributed by atoms with Crippen molar-refractivity contribution in [1.29, 1.82) is 0 Å². The van der Waals surface area contributed by atoms with Gasteiger partial charge in [-0.3, -0.25) is 9.59 Å². The summed E-state index contributed by atoms with van der Waals surface area (Å²) >= 11 is 0. The molecule has 1 saturated heterocycles. The Morgan fingerprint density at radius 1 is 1.45 bits per heavy atom. The summed E-state index contributed by atoms with van der Waals surface area (Å²) in [5.41, 5.74) is 0.348. The standard InChI is InChI=1S/C14H15F2NO3/c1-20-14(19)10-6-13(18)17(8-10)5-4-9-2-3-11(15)7-12(9)16/h2-3,7,10H,4-6,8H2,1H3. The molecule has 1 fully saturated rings. The van der Waals surface area contributed by atoms with E-state index in [9.17, 15) is 18.4 Å². The van der Waals surface area contributed by atoms with E-state index in [0.717, 1.165) is 6.07 Å². The van der Waals surface area contributed by atoms with E-state index >= 15 is 0 Å². The van der Waals surface area contributed by atoms with Crippen molar-refractivity contribution in [2.24, 2.45) is 5.92 Å². The van der Waals surface area contributed by atoms with Gasteiger partial charge in [0.1, 0.15) is 11.6 Å². The molecule has 0 radical (unpaired) electrons. The fourth-order valence-corrected chi connectivity index (χ4v) is 2.29. The molecular formula is C14H15F2NO3. The molecule has 108 valence electrons. The van der Waals surface area contributed by atoms with Crippen LogP contribution in [0, 0.1) is 17.6 Å². The molecule has 0 bridgehead atoms. The first-order chi connectivity index (χ1) is 9.51. The second-order valence-corrected chi connectivity index (χ2v) is 4.75. The molecular weight excluding hydrogens is 268 g/mol. The SMILES string of the molecule is COC(=O)C1CC(=O)N(CCc2ccc(F)cc2F)C1. The number of hydrogen-bond acceptors (Lipinski definition) is 3. The molecule has 1 aliphatic heterocycles. The highest BCUT2D eigenvalue weighted by Gasteiger charge is 2.34. The number of likely N-dealkylation sites (tertiary alicyclic amines) is 1. The van der Waals surface area contributed by atoms with E-state index in [2.05, 4.69) is 4.74 Å². The highest BCUT2D eigenvalue weighted by molar-refractivity contribution is 5.86. The number of esters is 1. The molecule has 0 spiro atoms. The Morgan fingerprint density at radius 3 is 2.85 bits per heavy atom. The molecule has 0 saturated carbocycles. The van der Waals surface area contributed by atoms with Crippen LogP contribution in [0.2, 0.25) is 0 Å². The van der Waals surface area contributed by atoms with Crippen molar-refractivity contribution >= 4 is 11.9 Å². The van der Waals surface area contributed by atoms with Crippen LogP contribution < -0.4 is 0 Å². The van der Waals surface area contributed by atoms with Gasteiger partial charge in [0.05, 0.1) is 13.0 Å². The van der Waals surface area contributed by atoms with Crippen LogP contribution in [0.3, 0.4) is 0 Å². The number of hydrogen-bond donors (Lipinski definition) is 0. The van der Waals surface area contributed by atoms with E-state index in [0.29, 0.717) is 12.1 Å². The zero-order valence-corrected chi connectivity index (χ0v) is 11.1. The monoisotopic (exact) mass is 283 g/mol. The van der Waals surface area contributed by atoms with Crippen LogP contribution in [0.4, 0.5) is 8.78 Å². The van der Waals surface area contributed by atoms with Gasteiger partial charge >= 0.3 is 5.97 Å². The normalized spacial score (nSPS) is 18.4. The Labute approximate surface area is 115 Å². The van der Waals surface area contributed by atoms with Gasteiger partial charge in [-0.25, -0.2) is 8.78 Å². The first-order valence-electron chi connectivity index (χ1n) is 6.30. The van der Waals surface area contributed by atoms with Crippen LogP contribution in [0.5, 0.6) is 0 Å². The highest BCUT2D eigenvalue weighted by Crippen LogP contribution is 2.20. The number of benzene rings is 1. The van der Waals surface area contributed by atoms with E-state index in [1.54, 1.807) is 0 Å². The molecule has 20 heavy (non-hydrogen) atoms. The summed E-state index contributed by atoms with van der Waals surface area (Å²) in [5.74, 6) is -2.27. The fourth-order valence-electron chi connectivity index (χ4n) is 2.29. The number of rotatable bonds is 4. The lowest BCUT2D eigenvalue weighted by atomic mass is 10.1. The van der Waals surface area contributed by atoms with Crippen LogP contribution in [-0.2, 0) is 20.7 Å².